The molecule has 2 heterocycles. The third-order valence-electron chi connectivity index (χ3n) is 4.57. The van der Waals surface area contributed by atoms with Crippen LogP contribution in [0.3, 0.4) is 0 Å². The quantitative estimate of drug-likeness (QED) is 0.459. The molecule has 10 heteroatoms. The highest BCUT2D eigenvalue weighted by atomic mass is 19.4. The molecule has 1 aliphatic rings. The number of nitrogens with zero attached hydrogens (tertiary/aromatic N) is 2. The Hall–Kier alpha value is -3.30. The molecule has 3 N–H and O–H groups in total. The number of carbonyl (C=O) groups is 1. The molecule has 2 aromatic rings. The molecule has 1 unspecified atom stereocenters. The first-order valence-electron chi connectivity index (χ1n) is 9.89. The minimum Gasteiger partial charge on any atom is -0.468 e. The maximum atomic E-state index is 12.3. The van der Waals surface area contributed by atoms with E-state index in [4.69, 9.17) is 0 Å². The van der Waals surface area contributed by atoms with Gasteiger partial charge in [0.2, 0.25) is 11.8 Å². The molecule has 3 rings (SSSR count). The van der Waals surface area contributed by atoms with Crippen LogP contribution in [0.25, 0.3) is 0 Å². The molecule has 0 fully saturated rings. The Kier molecular flexibility index (Phi) is 7.32. The van der Waals surface area contributed by atoms with Crippen LogP contribution >= 0.6 is 0 Å². The van der Waals surface area contributed by atoms with Crippen molar-refractivity contribution in [1.29, 1.82) is 0 Å². The number of benzene rings is 1. The number of ether oxygens (including phenoxy) is 1. The molecule has 0 saturated carbocycles. The van der Waals surface area contributed by atoms with Crippen LogP contribution in [-0.2, 0) is 11.3 Å². The van der Waals surface area contributed by atoms with Crippen molar-refractivity contribution in [1.82, 2.24) is 15.6 Å². The van der Waals surface area contributed by atoms with Gasteiger partial charge in [0.1, 0.15) is 0 Å². The number of fused-ring (bicyclic) bond motifs is 1. The van der Waals surface area contributed by atoms with E-state index in [9.17, 15) is 18.0 Å². The fraction of sp³-hybridized carbons (Fsp3) is 0.381. The first-order chi connectivity index (χ1) is 14.8. The number of hydrogen-bond donors (Lipinski definition) is 3. The Labute approximate surface area is 178 Å². The topological polar surface area (TPSA) is 87.6 Å². The van der Waals surface area contributed by atoms with Gasteiger partial charge in [0.25, 0.3) is 0 Å². The Morgan fingerprint density at radius 3 is 2.87 bits per heavy atom. The second kappa shape index (κ2) is 10.1. The molecule has 1 atom stereocenters. The maximum Gasteiger partial charge on any atom is 0.422 e. The predicted octanol–water partition coefficient (Wildman–Crippen LogP) is 3.20. The standard InChI is InChI=1S/C21H24F3N5O2/c1-2-25-20(27-11-14-7-8-26-19(9-14)31-13-21(22,23)24)28-12-15-10-18(30)29-17-6-4-3-5-16(15)17/h3-9,15H,2,10-13H2,1H3,(H,29,30)(H2,25,27,28). The van der Waals surface area contributed by atoms with E-state index in [1.807, 2.05) is 31.2 Å². The summed E-state index contributed by atoms with van der Waals surface area (Å²) < 4.78 is 41.6. The number of carbonyl (C=O) groups excluding carboxylic acids is 1. The zero-order valence-electron chi connectivity index (χ0n) is 17.0. The van der Waals surface area contributed by atoms with Gasteiger partial charge in [-0.15, -0.1) is 0 Å². The number of alkyl halides is 3. The lowest BCUT2D eigenvalue weighted by molar-refractivity contribution is -0.154. The number of aliphatic imine (C=N–C) groups is 1. The number of rotatable bonds is 7. The SMILES string of the molecule is CCNC(=NCc1ccnc(OCC(F)(F)F)c1)NCC1CC(=O)Nc2ccccc21. The van der Waals surface area contributed by atoms with E-state index < -0.39 is 12.8 Å². The molecule has 0 bridgehead atoms. The molecule has 1 aliphatic heterocycles. The second-order valence-electron chi connectivity index (χ2n) is 7.02. The number of hydrogen-bond acceptors (Lipinski definition) is 4. The Morgan fingerprint density at radius 1 is 1.29 bits per heavy atom. The summed E-state index contributed by atoms with van der Waals surface area (Å²) in [7, 11) is 0. The lowest BCUT2D eigenvalue weighted by atomic mass is 9.90. The maximum absolute atomic E-state index is 12.3. The lowest BCUT2D eigenvalue weighted by Gasteiger charge is -2.26. The van der Waals surface area contributed by atoms with Crippen LogP contribution in [0.15, 0.2) is 47.6 Å². The van der Waals surface area contributed by atoms with E-state index in [1.165, 1.54) is 12.3 Å². The zero-order chi connectivity index (χ0) is 22.3. The highest BCUT2D eigenvalue weighted by Gasteiger charge is 2.28. The molecule has 166 valence electrons. The number of pyridine rings is 1. The predicted molar refractivity (Wildman–Crippen MR) is 111 cm³/mol. The van der Waals surface area contributed by atoms with Gasteiger partial charge in [0.15, 0.2) is 12.6 Å². The van der Waals surface area contributed by atoms with E-state index in [2.05, 4.69) is 30.7 Å². The van der Waals surface area contributed by atoms with Gasteiger partial charge in [-0.1, -0.05) is 18.2 Å². The summed E-state index contributed by atoms with van der Waals surface area (Å²) >= 11 is 0. The lowest BCUT2D eigenvalue weighted by Crippen LogP contribution is -2.40. The van der Waals surface area contributed by atoms with Crippen molar-refractivity contribution in [3.8, 4) is 5.88 Å². The molecule has 1 amide bonds. The first kappa shape index (κ1) is 22.4. The summed E-state index contributed by atoms with van der Waals surface area (Å²) in [5, 5.41) is 9.25. The molecule has 7 nitrogen and oxygen atoms in total. The average molecular weight is 435 g/mol. The van der Waals surface area contributed by atoms with E-state index in [0.29, 0.717) is 31.0 Å². The fourth-order valence-electron chi connectivity index (χ4n) is 3.20. The Balaban J connectivity index is 1.63. The summed E-state index contributed by atoms with van der Waals surface area (Å²) in [5.41, 5.74) is 2.54. The van der Waals surface area contributed by atoms with Gasteiger partial charge in [-0.3, -0.25) is 4.79 Å². The Morgan fingerprint density at radius 2 is 2.10 bits per heavy atom. The van der Waals surface area contributed by atoms with Crippen molar-refractivity contribution < 1.29 is 22.7 Å². The van der Waals surface area contributed by atoms with Crippen LogP contribution in [0.5, 0.6) is 5.88 Å². The van der Waals surface area contributed by atoms with Gasteiger partial charge in [0, 0.05) is 43.4 Å². The van der Waals surface area contributed by atoms with Gasteiger partial charge < -0.3 is 20.7 Å². The second-order valence-corrected chi connectivity index (χ2v) is 7.02. The van der Waals surface area contributed by atoms with Crippen molar-refractivity contribution in [2.75, 3.05) is 25.0 Å². The number of anilines is 1. The van der Waals surface area contributed by atoms with Crippen molar-refractivity contribution in [2.24, 2.45) is 4.99 Å². The third-order valence-corrected chi connectivity index (χ3v) is 4.57. The number of halogens is 3. The number of para-hydroxylation sites is 1. The van der Waals surface area contributed by atoms with Crippen LogP contribution in [0.4, 0.5) is 18.9 Å². The zero-order valence-corrected chi connectivity index (χ0v) is 17.0. The van der Waals surface area contributed by atoms with Gasteiger partial charge in [-0.2, -0.15) is 13.2 Å². The van der Waals surface area contributed by atoms with Crippen molar-refractivity contribution in [3.63, 3.8) is 0 Å². The fourth-order valence-corrected chi connectivity index (χ4v) is 3.20. The van der Waals surface area contributed by atoms with Gasteiger partial charge in [-0.25, -0.2) is 9.98 Å². The normalized spacial score (nSPS) is 16.3. The van der Waals surface area contributed by atoms with Gasteiger partial charge in [-0.05, 0) is 30.2 Å². The minimum atomic E-state index is -4.42. The summed E-state index contributed by atoms with van der Waals surface area (Å²) in [6.07, 6.45) is -2.67. The largest absolute Gasteiger partial charge is 0.468 e. The summed E-state index contributed by atoms with van der Waals surface area (Å²) in [4.78, 5) is 20.3. The molecule has 0 spiro atoms. The van der Waals surface area contributed by atoms with Crippen LogP contribution in [0.2, 0.25) is 0 Å². The molecular formula is C21H24F3N5O2. The Bertz CT molecular complexity index is 933. The first-order valence-corrected chi connectivity index (χ1v) is 9.89. The molecule has 0 aliphatic carbocycles. The number of nitrogens with one attached hydrogen (secondary N) is 3. The van der Waals surface area contributed by atoms with E-state index in [0.717, 1.165) is 11.3 Å². The van der Waals surface area contributed by atoms with E-state index >= 15 is 0 Å². The van der Waals surface area contributed by atoms with Crippen LogP contribution in [0.1, 0.15) is 30.4 Å². The third kappa shape index (κ3) is 6.87. The molecule has 0 saturated heterocycles. The smallest absolute Gasteiger partial charge is 0.422 e. The summed E-state index contributed by atoms with van der Waals surface area (Å²) in [5.74, 6) is 0.404. The monoisotopic (exact) mass is 435 g/mol. The highest BCUT2D eigenvalue weighted by Crippen LogP contribution is 2.31. The summed E-state index contributed by atoms with van der Waals surface area (Å²) in [6.45, 7) is 1.89. The number of amides is 1. The minimum absolute atomic E-state index is 0.00268. The van der Waals surface area contributed by atoms with Gasteiger partial charge >= 0.3 is 6.18 Å². The van der Waals surface area contributed by atoms with E-state index in [-0.39, 0.29) is 24.2 Å². The van der Waals surface area contributed by atoms with Crippen molar-refractivity contribution in [3.05, 3.63) is 53.7 Å². The van der Waals surface area contributed by atoms with Crippen LogP contribution < -0.4 is 20.7 Å². The van der Waals surface area contributed by atoms with E-state index in [1.54, 1.807) is 6.07 Å². The summed E-state index contributed by atoms with van der Waals surface area (Å²) in [6, 6.07) is 10.8. The number of aromatic nitrogens is 1. The van der Waals surface area contributed by atoms with Crippen molar-refractivity contribution in [2.45, 2.75) is 32.0 Å². The molecule has 1 aromatic carbocycles. The van der Waals surface area contributed by atoms with Crippen LogP contribution in [0, 0.1) is 0 Å². The molecule has 0 radical (unpaired) electrons. The molecular weight excluding hydrogens is 411 g/mol. The van der Waals surface area contributed by atoms with Gasteiger partial charge in [0.05, 0.1) is 6.54 Å². The molecule has 31 heavy (non-hydrogen) atoms. The highest BCUT2D eigenvalue weighted by molar-refractivity contribution is 5.94. The van der Waals surface area contributed by atoms with Crippen molar-refractivity contribution >= 4 is 17.6 Å². The van der Waals surface area contributed by atoms with Crippen LogP contribution in [-0.4, -0.2) is 42.7 Å². The average Bonchev–Trinajstić information content (AvgIpc) is 2.73. The molecule has 1 aromatic heterocycles. The number of guanidine groups is 1.